The number of halogens is 3. The topological polar surface area (TPSA) is 75.9 Å². The molecule has 0 bridgehead atoms. The minimum Gasteiger partial charge on any atom is -0.338 e. The summed E-state index contributed by atoms with van der Waals surface area (Å²) >= 11 is 15.6. The SMILES string of the molecule is Cc1cc(Br)c(Nc2nc(NN)ncc2Cl)cc1Cl. The van der Waals surface area contributed by atoms with Crippen molar-refractivity contribution in [3.63, 3.8) is 0 Å². The van der Waals surface area contributed by atoms with Crippen molar-refractivity contribution in [2.24, 2.45) is 5.84 Å². The maximum absolute atomic E-state index is 6.09. The van der Waals surface area contributed by atoms with Crippen molar-refractivity contribution in [1.29, 1.82) is 0 Å². The van der Waals surface area contributed by atoms with Crippen molar-refractivity contribution in [3.8, 4) is 0 Å². The first-order chi connectivity index (χ1) is 9.01. The van der Waals surface area contributed by atoms with E-state index in [1.54, 1.807) is 6.07 Å². The second-order valence-electron chi connectivity index (χ2n) is 3.74. The zero-order valence-electron chi connectivity index (χ0n) is 9.84. The van der Waals surface area contributed by atoms with Gasteiger partial charge in [-0.15, -0.1) is 0 Å². The van der Waals surface area contributed by atoms with E-state index >= 15 is 0 Å². The van der Waals surface area contributed by atoms with Crippen LogP contribution in [0.1, 0.15) is 5.56 Å². The molecule has 0 spiro atoms. The van der Waals surface area contributed by atoms with Crippen molar-refractivity contribution in [3.05, 3.63) is 38.4 Å². The molecule has 8 heteroatoms. The van der Waals surface area contributed by atoms with Gasteiger partial charge in [-0.05, 0) is 40.5 Å². The molecular weight excluding hydrogens is 353 g/mol. The standard InChI is InChI=1S/C11H10BrCl2N5/c1-5-2-6(12)9(3-7(5)13)17-10-8(14)4-16-11(18-10)19-15/h2-4H,15H2,1H3,(H2,16,17,18,19). The molecule has 0 saturated heterocycles. The van der Waals surface area contributed by atoms with E-state index < -0.39 is 0 Å². The summed E-state index contributed by atoms with van der Waals surface area (Å²) in [5, 5.41) is 4.10. The molecule has 1 heterocycles. The third-order valence-corrected chi connectivity index (χ3v) is 3.71. The number of aromatic nitrogens is 2. The van der Waals surface area contributed by atoms with Crippen molar-refractivity contribution < 1.29 is 0 Å². The van der Waals surface area contributed by atoms with Crippen LogP contribution in [0.25, 0.3) is 0 Å². The van der Waals surface area contributed by atoms with Crippen LogP contribution in [0.4, 0.5) is 17.5 Å². The van der Waals surface area contributed by atoms with Crippen LogP contribution in [0.2, 0.25) is 10.0 Å². The Hall–Kier alpha value is -1.08. The number of hydrogen-bond acceptors (Lipinski definition) is 5. The monoisotopic (exact) mass is 361 g/mol. The lowest BCUT2D eigenvalue weighted by Crippen LogP contribution is -2.11. The van der Waals surface area contributed by atoms with E-state index in [1.165, 1.54) is 6.20 Å². The van der Waals surface area contributed by atoms with Crippen LogP contribution in [-0.4, -0.2) is 9.97 Å². The van der Waals surface area contributed by atoms with E-state index in [4.69, 9.17) is 29.0 Å². The normalized spacial score (nSPS) is 10.4. The van der Waals surface area contributed by atoms with Crippen molar-refractivity contribution in [2.45, 2.75) is 6.92 Å². The smallest absolute Gasteiger partial charge is 0.239 e. The Morgan fingerprint density at radius 1 is 1.26 bits per heavy atom. The van der Waals surface area contributed by atoms with Crippen LogP contribution in [0.5, 0.6) is 0 Å². The number of nitrogens with two attached hydrogens (primary N) is 1. The Labute approximate surface area is 128 Å². The minimum absolute atomic E-state index is 0.265. The molecule has 0 amide bonds. The van der Waals surface area contributed by atoms with Gasteiger partial charge in [-0.25, -0.2) is 10.8 Å². The maximum atomic E-state index is 6.09. The van der Waals surface area contributed by atoms with Gasteiger partial charge in [0.05, 0.1) is 11.9 Å². The molecule has 5 nitrogen and oxygen atoms in total. The Balaban J connectivity index is 2.38. The number of anilines is 3. The van der Waals surface area contributed by atoms with Gasteiger partial charge in [0.25, 0.3) is 0 Å². The molecule has 0 radical (unpaired) electrons. The Morgan fingerprint density at radius 3 is 2.68 bits per heavy atom. The molecule has 2 rings (SSSR count). The molecule has 4 N–H and O–H groups in total. The number of hydrazine groups is 1. The van der Waals surface area contributed by atoms with E-state index in [0.717, 1.165) is 15.7 Å². The average Bonchev–Trinajstić information content (AvgIpc) is 2.38. The number of nitrogens with zero attached hydrogens (tertiary/aromatic N) is 2. The molecule has 0 atom stereocenters. The fourth-order valence-electron chi connectivity index (χ4n) is 1.39. The van der Waals surface area contributed by atoms with Crippen LogP contribution in [0.15, 0.2) is 22.8 Å². The van der Waals surface area contributed by atoms with Gasteiger partial charge in [0.1, 0.15) is 5.02 Å². The number of hydrogen-bond donors (Lipinski definition) is 3. The molecule has 0 saturated carbocycles. The van der Waals surface area contributed by atoms with Gasteiger partial charge in [0.2, 0.25) is 5.95 Å². The quantitative estimate of drug-likeness (QED) is 0.570. The Kier molecular flexibility index (Phi) is 4.46. The van der Waals surface area contributed by atoms with Gasteiger partial charge in [-0.2, -0.15) is 4.98 Å². The molecular formula is C11H10BrCl2N5. The summed E-state index contributed by atoms with van der Waals surface area (Å²) in [4.78, 5) is 8.02. The lowest BCUT2D eigenvalue weighted by molar-refractivity contribution is 1.12. The third-order valence-electron chi connectivity index (χ3n) is 2.37. The van der Waals surface area contributed by atoms with Crippen LogP contribution >= 0.6 is 39.1 Å². The van der Waals surface area contributed by atoms with E-state index in [1.807, 2.05) is 13.0 Å². The summed E-state index contributed by atoms with van der Waals surface area (Å²) in [6.07, 6.45) is 1.45. The second-order valence-corrected chi connectivity index (χ2v) is 5.41. The maximum Gasteiger partial charge on any atom is 0.239 e. The highest BCUT2D eigenvalue weighted by Gasteiger charge is 2.09. The summed E-state index contributed by atoms with van der Waals surface area (Å²) in [5.41, 5.74) is 4.08. The van der Waals surface area contributed by atoms with E-state index in [9.17, 15) is 0 Å². The highest BCUT2D eigenvalue weighted by atomic mass is 79.9. The van der Waals surface area contributed by atoms with E-state index in [0.29, 0.717) is 15.9 Å². The minimum atomic E-state index is 0.265. The molecule has 0 aliphatic rings. The number of aryl methyl sites for hydroxylation is 1. The molecule has 1 aromatic carbocycles. The molecule has 100 valence electrons. The van der Waals surface area contributed by atoms with Crippen LogP contribution in [0, 0.1) is 6.92 Å². The summed E-state index contributed by atoms with van der Waals surface area (Å²) in [6.45, 7) is 1.92. The third kappa shape index (κ3) is 3.27. The number of rotatable bonds is 3. The molecule has 0 aliphatic carbocycles. The van der Waals surface area contributed by atoms with Gasteiger partial charge < -0.3 is 5.32 Å². The van der Waals surface area contributed by atoms with Gasteiger partial charge in [0, 0.05) is 9.50 Å². The van der Waals surface area contributed by atoms with E-state index in [2.05, 4.69) is 36.6 Å². The average molecular weight is 363 g/mol. The van der Waals surface area contributed by atoms with E-state index in [-0.39, 0.29) is 5.95 Å². The van der Waals surface area contributed by atoms with Gasteiger partial charge in [0.15, 0.2) is 5.82 Å². The highest BCUT2D eigenvalue weighted by Crippen LogP contribution is 2.32. The van der Waals surface area contributed by atoms with Crippen LogP contribution in [-0.2, 0) is 0 Å². The molecule has 2 aromatic rings. The highest BCUT2D eigenvalue weighted by molar-refractivity contribution is 9.10. The summed E-state index contributed by atoms with van der Waals surface area (Å²) in [7, 11) is 0. The van der Waals surface area contributed by atoms with Crippen molar-refractivity contribution in [2.75, 3.05) is 10.7 Å². The molecule has 0 unspecified atom stereocenters. The number of nitrogens with one attached hydrogen (secondary N) is 2. The lowest BCUT2D eigenvalue weighted by atomic mass is 10.2. The largest absolute Gasteiger partial charge is 0.338 e. The first-order valence-corrected chi connectivity index (χ1v) is 6.78. The first-order valence-electron chi connectivity index (χ1n) is 5.23. The molecule has 1 aromatic heterocycles. The zero-order valence-corrected chi connectivity index (χ0v) is 12.9. The first kappa shape index (κ1) is 14.3. The Morgan fingerprint density at radius 2 is 2.00 bits per heavy atom. The van der Waals surface area contributed by atoms with Gasteiger partial charge in [-0.1, -0.05) is 23.2 Å². The predicted octanol–water partition coefficient (Wildman–Crippen LogP) is 3.88. The summed E-state index contributed by atoms with van der Waals surface area (Å²) in [6, 6.07) is 3.69. The van der Waals surface area contributed by atoms with Gasteiger partial charge >= 0.3 is 0 Å². The Bertz CT molecular complexity index is 620. The summed E-state index contributed by atoms with van der Waals surface area (Å²) < 4.78 is 0.853. The van der Waals surface area contributed by atoms with Crippen LogP contribution < -0.4 is 16.6 Å². The lowest BCUT2D eigenvalue weighted by Gasteiger charge is -2.11. The predicted molar refractivity (Wildman–Crippen MR) is 82.0 cm³/mol. The molecule has 0 fully saturated rings. The van der Waals surface area contributed by atoms with Crippen molar-refractivity contribution in [1.82, 2.24) is 9.97 Å². The van der Waals surface area contributed by atoms with Crippen LogP contribution in [0.3, 0.4) is 0 Å². The summed E-state index contributed by atoms with van der Waals surface area (Å²) in [5.74, 6) is 5.96. The molecule has 0 aliphatic heterocycles. The molecule has 19 heavy (non-hydrogen) atoms. The fourth-order valence-corrected chi connectivity index (χ4v) is 2.25. The number of benzene rings is 1. The fraction of sp³-hybridized carbons (Fsp3) is 0.0909. The zero-order chi connectivity index (χ0) is 14.0. The second kappa shape index (κ2) is 5.92. The number of nitrogen functional groups attached to an aromatic ring is 1. The van der Waals surface area contributed by atoms with Crippen molar-refractivity contribution >= 4 is 56.6 Å². The van der Waals surface area contributed by atoms with Gasteiger partial charge in [-0.3, -0.25) is 5.43 Å².